The van der Waals surface area contributed by atoms with Gasteiger partial charge in [-0.2, -0.15) is 0 Å². The molecule has 0 heterocycles. The van der Waals surface area contributed by atoms with E-state index in [1.54, 1.807) is 20.8 Å². The normalized spacial score (nSPS) is 11.1. The molecule has 0 aliphatic carbocycles. The van der Waals surface area contributed by atoms with Crippen LogP contribution in [0.2, 0.25) is 0 Å². The smallest absolute Gasteiger partial charge is 0.238 e. The van der Waals surface area contributed by atoms with Crippen LogP contribution in [-0.4, -0.2) is 5.91 Å². The number of hydrazine groups is 1. The number of hydrogen-bond acceptors (Lipinski definition) is 3. The lowest BCUT2D eigenvalue weighted by atomic mass is 9.96. The van der Waals surface area contributed by atoms with Gasteiger partial charge in [0.05, 0.1) is 0 Å². The molecule has 1 amide bonds. The monoisotopic (exact) mass is 131 g/mol. The summed E-state index contributed by atoms with van der Waals surface area (Å²) in [6.07, 6.45) is 0. The molecule has 0 radical (unpaired) electrons. The maximum absolute atomic E-state index is 10.7. The largest absolute Gasteiger partial charge is 0.770 e. The first-order valence-electron chi connectivity index (χ1n) is 2.66. The average Bonchev–Trinajstić information content (AvgIpc) is 1.64. The van der Waals surface area contributed by atoms with E-state index in [0.29, 0.717) is 0 Å². The Labute approximate surface area is 54.2 Å². The van der Waals surface area contributed by atoms with Crippen LogP contribution in [0.4, 0.5) is 0 Å². The third-order valence-corrected chi connectivity index (χ3v) is 0.846. The molecule has 4 nitrogen and oxygen atoms in total. The van der Waals surface area contributed by atoms with Crippen molar-refractivity contribution in [1.82, 2.24) is 11.0 Å². The van der Waals surface area contributed by atoms with E-state index in [-0.39, 0.29) is 5.91 Å². The van der Waals surface area contributed by atoms with Gasteiger partial charge in [-0.1, -0.05) is 20.8 Å². The fourth-order valence-electron chi connectivity index (χ4n) is 0.234. The predicted octanol–water partition coefficient (Wildman–Crippen LogP) is 0.151. The van der Waals surface area contributed by atoms with Gasteiger partial charge < -0.3 is 16.2 Å². The maximum atomic E-state index is 10.7. The lowest BCUT2D eigenvalue weighted by Crippen LogP contribution is -2.40. The molecular formula is C5H11N2O2-. The van der Waals surface area contributed by atoms with Gasteiger partial charge in [0.1, 0.15) is 0 Å². The number of rotatable bonds is 1. The molecule has 0 aromatic carbocycles. The van der Waals surface area contributed by atoms with Gasteiger partial charge in [0.2, 0.25) is 5.91 Å². The molecular weight excluding hydrogens is 120 g/mol. The zero-order chi connectivity index (χ0) is 7.49. The van der Waals surface area contributed by atoms with E-state index in [2.05, 4.69) is 0 Å². The van der Waals surface area contributed by atoms with Gasteiger partial charge >= 0.3 is 0 Å². The summed E-state index contributed by atoms with van der Waals surface area (Å²) in [6, 6.07) is 0. The van der Waals surface area contributed by atoms with Crippen LogP contribution in [0, 0.1) is 10.6 Å². The molecule has 0 aromatic rings. The third-order valence-electron chi connectivity index (χ3n) is 0.846. The Morgan fingerprint density at radius 2 is 1.89 bits per heavy atom. The van der Waals surface area contributed by atoms with Gasteiger partial charge in [0, 0.05) is 5.41 Å². The van der Waals surface area contributed by atoms with Crippen LogP contribution in [-0.2, 0) is 4.79 Å². The van der Waals surface area contributed by atoms with Crippen molar-refractivity contribution in [2.24, 2.45) is 5.41 Å². The Kier molecular flexibility index (Phi) is 2.61. The van der Waals surface area contributed by atoms with Gasteiger partial charge in [-0.05, 0) is 0 Å². The zero-order valence-electron chi connectivity index (χ0n) is 5.82. The highest BCUT2D eigenvalue weighted by molar-refractivity contribution is 5.80. The summed E-state index contributed by atoms with van der Waals surface area (Å²) in [5.74, 6) is -0.308. The number of hydrogen-bond donors (Lipinski definition) is 2. The van der Waals surface area contributed by atoms with E-state index in [9.17, 15) is 10.0 Å². The highest BCUT2D eigenvalue weighted by Crippen LogP contribution is 2.11. The molecule has 0 aliphatic rings. The zero-order valence-corrected chi connectivity index (χ0v) is 5.82. The van der Waals surface area contributed by atoms with E-state index >= 15 is 0 Å². The standard InChI is InChI=1S/C5H11N2O2/c1-5(2,3)4(8)6-7-9/h7H,1-3H3,(H,6,8)/q-1. The highest BCUT2D eigenvalue weighted by Gasteiger charge is 2.19. The number of amides is 1. The Bertz CT molecular complexity index is 106. The SMILES string of the molecule is CC(C)(C)C(=O)NN[O-]. The Balaban J connectivity index is 3.74. The van der Waals surface area contributed by atoms with Crippen LogP contribution in [0.1, 0.15) is 20.8 Å². The molecule has 0 atom stereocenters. The lowest BCUT2D eigenvalue weighted by molar-refractivity contribution is -0.129. The van der Waals surface area contributed by atoms with Crippen molar-refractivity contribution in [2.75, 3.05) is 0 Å². The first kappa shape index (κ1) is 8.39. The molecule has 0 fully saturated rings. The summed E-state index contributed by atoms with van der Waals surface area (Å²) in [5.41, 5.74) is 2.76. The Hall–Kier alpha value is -0.610. The molecule has 0 aromatic heterocycles. The van der Waals surface area contributed by atoms with Crippen molar-refractivity contribution in [1.29, 1.82) is 0 Å². The molecule has 0 aliphatic heterocycles. The molecule has 9 heavy (non-hydrogen) atoms. The fourth-order valence-corrected chi connectivity index (χ4v) is 0.234. The van der Waals surface area contributed by atoms with E-state index in [4.69, 9.17) is 0 Å². The van der Waals surface area contributed by atoms with Crippen molar-refractivity contribution in [3.8, 4) is 0 Å². The van der Waals surface area contributed by atoms with E-state index in [1.165, 1.54) is 5.59 Å². The molecule has 0 unspecified atom stereocenters. The van der Waals surface area contributed by atoms with Gasteiger partial charge in [0.25, 0.3) is 0 Å². The third kappa shape index (κ3) is 3.05. The number of carbonyl (C=O) groups is 1. The van der Waals surface area contributed by atoms with Crippen molar-refractivity contribution in [3.05, 3.63) is 5.21 Å². The van der Waals surface area contributed by atoms with Gasteiger partial charge in [0.15, 0.2) is 0 Å². The number of carbonyl (C=O) groups excluding carboxylic acids is 1. The summed E-state index contributed by atoms with van der Waals surface area (Å²) in [5, 5.41) is 9.60. The minimum absolute atomic E-state index is 0.308. The van der Waals surface area contributed by atoms with Crippen LogP contribution in [0.25, 0.3) is 0 Å². The van der Waals surface area contributed by atoms with Crippen molar-refractivity contribution in [3.63, 3.8) is 0 Å². The first-order chi connectivity index (χ1) is 3.98. The number of nitrogens with one attached hydrogen (secondary N) is 2. The Morgan fingerprint density at radius 3 is 2.00 bits per heavy atom. The van der Waals surface area contributed by atoms with Crippen molar-refractivity contribution in [2.45, 2.75) is 20.8 Å². The summed E-state index contributed by atoms with van der Waals surface area (Å²) >= 11 is 0. The topological polar surface area (TPSA) is 64.2 Å². The van der Waals surface area contributed by atoms with Crippen molar-refractivity contribution < 1.29 is 4.79 Å². The van der Waals surface area contributed by atoms with Crippen molar-refractivity contribution >= 4 is 5.91 Å². The minimum atomic E-state index is -0.503. The molecule has 0 spiro atoms. The molecule has 0 saturated heterocycles. The minimum Gasteiger partial charge on any atom is -0.770 e. The molecule has 0 bridgehead atoms. The summed E-state index contributed by atoms with van der Waals surface area (Å²) < 4.78 is 0. The van der Waals surface area contributed by atoms with E-state index in [1.807, 2.05) is 5.43 Å². The van der Waals surface area contributed by atoms with Crippen LogP contribution < -0.4 is 11.0 Å². The average molecular weight is 131 g/mol. The van der Waals surface area contributed by atoms with Crippen LogP contribution in [0.15, 0.2) is 0 Å². The second-order valence-electron chi connectivity index (χ2n) is 2.81. The summed E-state index contributed by atoms with van der Waals surface area (Å²) in [4.78, 5) is 10.7. The van der Waals surface area contributed by atoms with E-state index in [0.717, 1.165) is 0 Å². The highest BCUT2D eigenvalue weighted by atomic mass is 16.5. The van der Waals surface area contributed by atoms with Gasteiger partial charge in [-0.15, -0.1) is 0 Å². The Morgan fingerprint density at radius 1 is 1.44 bits per heavy atom. The quantitative estimate of drug-likeness (QED) is 0.498. The van der Waals surface area contributed by atoms with Gasteiger partial charge in [-0.25, -0.2) is 0 Å². The molecule has 0 saturated carbocycles. The van der Waals surface area contributed by atoms with Crippen LogP contribution in [0.5, 0.6) is 0 Å². The van der Waals surface area contributed by atoms with Gasteiger partial charge in [-0.3, -0.25) is 4.79 Å². The second-order valence-corrected chi connectivity index (χ2v) is 2.81. The summed E-state index contributed by atoms with van der Waals surface area (Å²) in [6.45, 7) is 5.17. The van der Waals surface area contributed by atoms with Crippen LogP contribution in [0.3, 0.4) is 0 Å². The predicted molar refractivity (Wildman–Crippen MR) is 34.1 cm³/mol. The van der Waals surface area contributed by atoms with Crippen LogP contribution >= 0.6 is 0 Å². The molecule has 54 valence electrons. The fraction of sp³-hybridized carbons (Fsp3) is 0.800. The molecule has 2 N–H and O–H groups in total. The van der Waals surface area contributed by atoms with E-state index < -0.39 is 5.41 Å². The molecule has 4 heteroatoms. The summed E-state index contributed by atoms with van der Waals surface area (Å²) in [7, 11) is 0. The first-order valence-corrected chi connectivity index (χ1v) is 2.66. The lowest BCUT2D eigenvalue weighted by Gasteiger charge is -2.19. The molecule has 0 rings (SSSR count). The second kappa shape index (κ2) is 2.80. The maximum Gasteiger partial charge on any atom is 0.238 e.